The van der Waals surface area contributed by atoms with Gasteiger partial charge in [-0.25, -0.2) is 14.4 Å². The summed E-state index contributed by atoms with van der Waals surface area (Å²) < 4.78 is 13.4. The number of halogens is 3. The number of nitrogens with one attached hydrogen (secondary N) is 1. The molecule has 1 heterocycles. The predicted molar refractivity (Wildman–Crippen MR) is 80.2 cm³/mol. The summed E-state index contributed by atoms with van der Waals surface area (Å²) in [6, 6.07) is 2.87. The Kier molecular flexibility index (Phi) is 4.30. The molecule has 20 heavy (non-hydrogen) atoms. The molecule has 3 N–H and O–H groups in total. The zero-order valence-corrected chi connectivity index (χ0v) is 12.4. The molecule has 106 valence electrons. The average molecular weight is 315 g/mol. The van der Waals surface area contributed by atoms with E-state index in [0.29, 0.717) is 17.3 Å². The summed E-state index contributed by atoms with van der Waals surface area (Å²) in [7, 11) is 0. The number of benzene rings is 1. The maximum Gasteiger partial charge on any atom is 0.160 e. The van der Waals surface area contributed by atoms with Gasteiger partial charge in [0.2, 0.25) is 0 Å². The molecule has 0 saturated carbocycles. The Morgan fingerprint density at radius 2 is 1.80 bits per heavy atom. The minimum absolute atomic E-state index is 0.0619. The normalized spacial score (nSPS) is 10.9. The third-order valence-corrected chi connectivity index (χ3v) is 3.29. The molecule has 0 aliphatic carbocycles. The first-order valence-corrected chi connectivity index (χ1v) is 6.67. The van der Waals surface area contributed by atoms with Crippen LogP contribution in [0.25, 0.3) is 0 Å². The van der Waals surface area contributed by atoms with Crippen LogP contribution in [-0.2, 0) is 0 Å². The highest BCUT2D eigenvalue weighted by Crippen LogP contribution is 2.32. The van der Waals surface area contributed by atoms with Crippen LogP contribution >= 0.6 is 23.2 Å². The smallest absolute Gasteiger partial charge is 0.160 e. The van der Waals surface area contributed by atoms with Crippen LogP contribution in [0.1, 0.15) is 25.3 Å². The molecular formula is C13H13Cl2FN4. The fraction of sp³-hybridized carbons (Fsp3) is 0.231. The second-order valence-electron chi connectivity index (χ2n) is 4.55. The molecule has 0 fully saturated rings. The van der Waals surface area contributed by atoms with Crippen LogP contribution in [0, 0.1) is 5.82 Å². The fourth-order valence-corrected chi connectivity index (χ4v) is 2.33. The summed E-state index contributed by atoms with van der Waals surface area (Å²) in [5, 5.41) is 2.91. The number of hydrogen-bond donors (Lipinski definition) is 2. The SMILES string of the molecule is CC(C)c1c(N)ncnc1Nc1cc(Cl)c(F)c(Cl)c1. The second kappa shape index (κ2) is 5.81. The lowest BCUT2D eigenvalue weighted by Gasteiger charge is -2.15. The average Bonchev–Trinajstić information content (AvgIpc) is 2.35. The van der Waals surface area contributed by atoms with Gasteiger partial charge >= 0.3 is 0 Å². The molecule has 0 radical (unpaired) electrons. The lowest BCUT2D eigenvalue weighted by molar-refractivity contribution is 0.629. The van der Waals surface area contributed by atoms with E-state index in [1.807, 2.05) is 13.8 Å². The summed E-state index contributed by atoms with van der Waals surface area (Å²) in [4.78, 5) is 8.12. The first-order chi connectivity index (χ1) is 9.40. The van der Waals surface area contributed by atoms with E-state index in [1.54, 1.807) is 0 Å². The Morgan fingerprint density at radius 1 is 1.20 bits per heavy atom. The van der Waals surface area contributed by atoms with Crippen LogP contribution in [0.15, 0.2) is 18.5 Å². The maximum atomic E-state index is 13.4. The number of rotatable bonds is 3. The number of hydrogen-bond acceptors (Lipinski definition) is 4. The molecule has 0 atom stereocenters. The van der Waals surface area contributed by atoms with E-state index in [0.717, 1.165) is 5.56 Å². The van der Waals surface area contributed by atoms with Gasteiger partial charge in [0, 0.05) is 11.3 Å². The van der Waals surface area contributed by atoms with E-state index in [9.17, 15) is 4.39 Å². The predicted octanol–water partition coefficient (Wildman–Crippen LogP) is 4.37. The van der Waals surface area contributed by atoms with E-state index in [-0.39, 0.29) is 16.0 Å². The first kappa shape index (κ1) is 14.8. The maximum absolute atomic E-state index is 13.4. The highest BCUT2D eigenvalue weighted by Gasteiger charge is 2.14. The summed E-state index contributed by atoms with van der Waals surface area (Å²) in [6.07, 6.45) is 1.36. The van der Waals surface area contributed by atoms with E-state index in [1.165, 1.54) is 18.5 Å². The molecule has 0 aliphatic rings. The third kappa shape index (κ3) is 2.94. The quantitative estimate of drug-likeness (QED) is 0.826. The highest BCUT2D eigenvalue weighted by atomic mass is 35.5. The number of nitrogens with two attached hydrogens (primary N) is 1. The van der Waals surface area contributed by atoms with Gasteiger partial charge in [-0.05, 0) is 18.1 Å². The molecule has 1 aromatic heterocycles. The molecule has 0 saturated heterocycles. The zero-order chi connectivity index (χ0) is 14.9. The third-order valence-electron chi connectivity index (χ3n) is 2.74. The van der Waals surface area contributed by atoms with Crippen molar-refractivity contribution >= 4 is 40.5 Å². The van der Waals surface area contributed by atoms with Crippen molar-refractivity contribution in [3.63, 3.8) is 0 Å². The van der Waals surface area contributed by atoms with E-state index < -0.39 is 5.82 Å². The van der Waals surface area contributed by atoms with Gasteiger partial charge in [-0.3, -0.25) is 0 Å². The number of nitrogen functional groups attached to an aromatic ring is 1. The molecule has 2 rings (SSSR count). The van der Waals surface area contributed by atoms with Crippen molar-refractivity contribution < 1.29 is 4.39 Å². The molecule has 0 spiro atoms. The molecular weight excluding hydrogens is 302 g/mol. The van der Waals surface area contributed by atoms with Crippen LogP contribution in [0.2, 0.25) is 10.0 Å². The Bertz CT molecular complexity index is 623. The fourth-order valence-electron chi connectivity index (χ4n) is 1.84. The molecule has 0 amide bonds. The van der Waals surface area contributed by atoms with Gasteiger partial charge in [0.25, 0.3) is 0 Å². The molecule has 4 nitrogen and oxygen atoms in total. The van der Waals surface area contributed by atoms with Crippen molar-refractivity contribution in [3.05, 3.63) is 39.9 Å². The molecule has 0 aliphatic heterocycles. The molecule has 1 aromatic carbocycles. The van der Waals surface area contributed by atoms with Crippen molar-refractivity contribution in [1.82, 2.24) is 9.97 Å². The van der Waals surface area contributed by atoms with E-state index in [4.69, 9.17) is 28.9 Å². The van der Waals surface area contributed by atoms with Crippen molar-refractivity contribution in [3.8, 4) is 0 Å². The Morgan fingerprint density at radius 3 is 2.35 bits per heavy atom. The van der Waals surface area contributed by atoms with Crippen LogP contribution in [0.3, 0.4) is 0 Å². The second-order valence-corrected chi connectivity index (χ2v) is 5.37. The lowest BCUT2D eigenvalue weighted by atomic mass is 10.0. The number of anilines is 3. The lowest BCUT2D eigenvalue weighted by Crippen LogP contribution is -2.06. The first-order valence-electron chi connectivity index (χ1n) is 5.92. The van der Waals surface area contributed by atoms with E-state index in [2.05, 4.69) is 15.3 Å². The molecule has 2 aromatic rings. The summed E-state index contributed by atoms with van der Waals surface area (Å²) in [6.45, 7) is 3.95. The zero-order valence-electron chi connectivity index (χ0n) is 10.9. The van der Waals surface area contributed by atoms with Crippen LogP contribution in [0.4, 0.5) is 21.7 Å². The molecule has 7 heteroatoms. The van der Waals surface area contributed by atoms with Crippen LogP contribution < -0.4 is 11.1 Å². The summed E-state index contributed by atoms with van der Waals surface area (Å²) in [5.41, 5.74) is 7.17. The summed E-state index contributed by atoms with van der Waals surface area (Å²) >= 11 is 11.5. The monoisotopic (exact) mass is 314 g/mol. The summed E-state index contributed by atoms with van der Waals surface area (Å²) in [5.74, 6) is 0.429. The number of aromatic nitrogens is 2. The molecule has 0 unspecified atom stereocenters. The van der Waals surface area contributed by atoms with Gasteiger partial charge in [-0.15, -0.1) is 0 Å². The Hall–Kier alpha value is -1.59. The molecule has 0 bridgehead atoms. The van der Waals surface area contributed by atoms with Gasteiger partial charge in [0.05, 0.1) is 10.0 Å². The minimum atomic E-state index is -0.648. The van der Waals surface area contributed by atoms with Gasteiger partial charge in [-0.2, -0.15) is 0 Å². The standard InChI is InChI=1S/C13H13Cl2FN4/c1-6(2)10-12(17)18-5-19-13(10)20-7-3-8(14)11(16)9(15)4-7/h3-6H,1-2H3,(H3,17,18,19,20). The Balaban J connectivity index is 2.43. The van der Waals surface area contributed by atoms with Gasteiger partial charge in [0.1, 0.15) is 18.0 Å². The van der Waals surface area contributed by atoms with Gasteiger partial charge < -0.3 is 11.1 Å². The number of nitrogens with zero attached hydrogens (tertiary/aromatic N) is 2. The van der Waals surface area contributed by atoms with Crippen molar-refractivity contribution in [2.45, 2.75) is 19.8 Å². The van der Waals surface area contributed by atoms with E-state index >= 15 is 0 Å². The Labute approximate surface area is 126 Å². The van der Waals surface area contributed by atoms with Crippen LogP contribution in [-0.4, -0.2) is 9.97 Å². The highest BCUT2D eigenvalue weighted by molar-refractivity contribution is 6.35. The largest absolute Gasteiger partial charge is 0.383 e. The minimum Gasteiger partial charge on any atom is -0.383 e. The van der Waals surface area contributed by atoms with Crippen LogP contribution in [0.5, 0.6) is 0 Å². The van der Waals surface area contributed by atoms with Gasteiger partial charge in [0.15, 0.2) is 5.82 Å². The topological polar surface area (TPSA) is 63.8 Å². The van der Waals surface area contributed by atoms with Gasteiger partial charge in [-0.1, -0.05) is 37.0 Å². The van der Waals surface area contributed by atoms with Crippen molar-refractivity contribution in [2.75, 3.05) is 11.1 Å². The van der Waals surface area contributed by atoms with Crippen molar-refractivity contribution in [1.29, 1.82) is 0 Å². The van der Waals surface area contributed by atoms with Crippen molar-refractivity contribution in [2.24, 2.45) is 0 Å².